The lowest BCUT2D eigenvalue weighted by atomic mass is 10.1. The first kappa shape index (κ1) is 12.0. The molecular formula is C12H21N. The lowest BCUT2D eigenvalue weighted by Gasteiger charge is -2.27. The molecule has 0 rings (SSSR count). The minimum Gasteiger partial charge on any atom is -0.372 e. The van der Waals surface area contributed by atoms with Crippen molar-refractivity contribution in [1.29, 1.82) is 0 Å². The van der Waals surface area contributed by atoms with E-state index in [4.69, 9.17) is 0 Å². The van der Waals surface area contributed by atoms with Gasteiger partial charge in [-0.1, -0.05) is 25.3 Å². The molecule has 0 aliphatic heterocycles. The van der Waals surface area contributed by atoms with Gasteiger partial charge in [0.05, 0.1) is 0 Å². The second-order valence-electron chi connectivity index (χ2n) is 3.89. The summed E-state index contributed by atoms with van der Waals surface area (Å²) in [5.41, 5.74) is 3.20. The van der Waals surface area contributed by atoms with E-state index < -0.39 is 0 Å². The average molecular weight is 179 g/mol. The second kappa shape index (κ2) is 4.90. The van der Waals surface area contributed by atoms with E-state index in [1.165, 1.54) is 0 Å². The summed E-state index contributed by atoms with van der Waals surface area (Å²) in [5.74, 6) is 0. The van der Waals surface area contributed by atoms with Gasteiger partial charge in [0.25, 0.3) is 0 Å². The molecule has 74 valence electrons. The maximum absolute atomic E-state index is 4.01. The molecule has 0 bridgehead atoms. The van der Waals surface area contributed by atoms with Crippen LogP contribution in [0, 0.1) is 0 Å². The number of hydrogen-bond acceptors (Lipinski definition) is 1. The third-order valence-corrected chi connectivity index (χ3v) is 2.12. The molecule has 0 saturated heterocycles. The average Bonchev–Trinajstić information content (AvgIpc) is 2.00. The molecule has 0 fully saturated rings. The van der Waals surface area contributed by atoms with Crippen molar-refractivity contribution in [2.24, 2.45) is 0 Å². The van der Waals surface area contributed by atoms with Crippen LogP contribution in [0.5, 0.6) is 0 Å². The van der Waals surface area contributed by atoms with Crippen LogP contribution in [-0.2, 0) is 0 Å². The lowest BCUT2D eigenvalue weighted by Crippen LogP contribution is -2.25. The van der Waals surface area contributed by atoms with Crippen molar-refractivity contribution in [3.63, 3.8) is 0 Å². The van der Waals surface area contributed by atoms with E-state index in [2.05, 4.69) is 38.5 Å². The minimum absolute atomic E-state index is 0.467. The smallest absolute Gasteiger partial charge is 0.0322 e. The Labute approximate surface area is 82.4 Å². The summed E-state index contributed by atoms with van der Waals surface area (Å²) in [4.78, 5) is 2.13. The number of likely N-dealkylation sites (N-methyl/N-ethyl adjacent to an activating group) is 1. The molecule has 0 aliphatic rings. The number of hydrogen-bond donors (Lipinski definition) is 0. The molecule has 0 saturated carbocycles. The predicted octanol–water partition coefficient (Wildman–Crippen LogP) is 3.36. The zero-order valence-electron chi connectivity index (χ0n) is 9.35. The Morgan fingerprint density at radius 3 is 2.00 bits per heavy atom. The van der Waals surface area contributed by atoms with Gasteiger partial charge in [-0.15, -0.1) is 0 Å². The van der Waals surface area contributed by atoms with Gasteiger partial charge in [0.2, 0.25) is 0 Å². The fourth-order valence-corrected chi connectivity index (χ4v) is 1.03. The van der Waals surface area contributed by atoms with E-state index in [1.54, 1.807) is 0 Å². The molecule has 0 aliphatic carbocycles. The Morgan fingerprint density at radius 1 is 1.23 bits per heavy atom. The van der Waals surface area contributed by atoms with Gasteiger partial charge in [-0.25, -0.2) is 0 Å². The predicted molar refractivity (Wildman–Crippen MR) is 60.6 cm³/mol. The van der Waals surface area contributed by atoms with E-state index in [1.807, 2.05) is 14.0 Å². The fraction of sp³-hybridized carbons (Fsp3) is 0.500. The van der Waals surface area contributed by atoms with Gasteiger partial charge >= 0.3 is 0 Å². The summed E-state index contributed by atoms with van der Waals surface area (Å²) < 4.78 is 0. The van der Waals surface area contributed by atoms with Crippen molar-refractivity contribution in [1.82, 2.24) is 4.90 Å². The molecule has 13 heavy (non-hydrogen) atoms. The van der Waals surface area contributed by atoms with Crippen molar-refractivity contribution < 1.29 is 0 Å². The maximum Gasteiger partial charge on any atom is 0.0322 e. The SMILES string of the molecule is C=C(C)CC(=C)C(=C)N(C)C(C)C. The summed E-state index contributed by atoms with van der Waals surface area (Å²) in [6.45, 7) is 18.2. The summed E-state index contributed by atoms with van der Waals surface area (Å²) in [5, 5.41) is 0. The standard InChI is InChI=1S/C12H21N/c1-9(2)8-11(5)12(6)13(7)10(3)4/h10H,1,5-6,8H2,2-4,7H3. The van der Waals surface area contributed by atoms with Crippen LogP contribution >= 0.6 is 0 Å². The molecule has 0 spiro atoms. The zero-order chi connectivity index (χ0) is 10.6. The highest BCUT2D eigenvalue weighted by Gasteiger charge is 2.08. The summed E-state index contributed by atoms with van der Waals surface area (Å²) in [6.07, 6.45) is 0.843. The van der Waals surface area contributed by atoms with Crippen LogP contribution in [0.2, 0.25) is 0 Å². The molecule has 0 amide bonds. The molecule has 1 nitrogen and oxygen atoms in total. The zero-order valence-corrected chi connectivity index (χ0v) is 9.35. The van der Waals surface area contributed by atoms with Gasteiger partial charge < -0.3 is 4.90 Å². The van der Waals surface area contributed by atoms with Crippen LogP contribution in [0.1, 0.15) is 27.2 Å². The van der Waals surface area contributed by atoms with Crippen LogP contribution in [0.25, 0.3) is 0 Å². The van der Waals surface area contributed by atoms with Gasteiger partial charge in [0.15, 0.2) is 0 Å². The molecule has 0 heterocycles. The quantitative estimate of drug-likeness (QED) is 0.462. The molecular weight excluding hydrogens is 158 g/mol. The Balaban J connectivity index is 4.26. The minimum atomic E-state index is 0.467. The molecule has 0 unspecified atom stereocenters. The number of allylic oxidation sites excluding steroid dienone is 2. The number of rotatable bonds is 5. The second-order valence-corrected chi connectivity index (χ2v) is 3.89. The highest BCUT2D eigenvalue weighted by atomic mass is 15.1. The Hall–Kier alpha value is -0.980. The van der Waals surface area contributed by atoms with Crippen molar-refractivity contribution in [2.75, 3.05) is 7.05 Å². The van der Waals surface area contributed by atoms with Crippen molar-refractivity contribution >= 4 is 0 Å². The van der Waals surface area contributed by atoms with E-state index in [0.29, 0.717) is 6.04 Å². The Bertz CT molecular complexity index is 223. The Kier molecular flexibility index (Phi) is 4.53. The van der Waals surface area contributed by atoms with E-state index in [-0.39, 0.29) is 0 Å². The Morgan fingerprint density at radius 2 is 1.69 bits per heavy atom. The molecule has 0 aromatic heterocycles. The largest absolute Gasteiger partial charge is 0.372 e. The van der Waals surface area contributed by atoms with Gasteiger partial charge in [-0.05, 0) is 32.8 Å². The first-order valence-corrected chi connectivity index (χ1v) is 4.60. The first-order valence-electron chi connectivity index (χ1n) is 4.60. The molecule has 1 heteroatoms. The first-order chi connectivity index (χ1) is 5.86. The lowest BCUT2D eigenvalue weighted by molar-refractivity contribution is 0.350. The van der Waals surface area contributed by atoms with Crippen LogP contribution in [0.4, 0.5) is 0 Å². The van der Waals surface area contributed by atoms with Crippen LogP contribution in [0.3, 0.4) is 0 Å². The molecule has 0 aromatic carbocycles. The normalized spacial score (nSPS) is 9.92. The van der Waals surface area contributed by atoms with Crippen LogP contribution in [-0.4, -0.2) is 18.0 Å². The van der Waals surface area contributed by atoms with Crippen molar-refractivity contribution in [3.05, 3.63) is 36.6 Å². The van der Waals surface area contributed by atoms with Crippen LogP contribution in [0.15, 0.2) is 36.6 Å². The highest BCUT2D eigenvalue weighted by molar-refractivity contribution is 5.27. The van der Waals surface area contributed by atoms with E-state index >= 15 is 0 Å². The number of nitrogens with zero attached hydrogens (tertiary/aromatic N) is 1. The molecule has 0 N–H and O–H groups in total. The monoisotopic (exact) mass is 179 g/mol. The summed E-state index contributed by atoms with van der Waals surface area (Å²) >= 11 is 0. The molecule has 0 radical (unpaired) electrons. The third kappa shape index (κ3) is 3.97. The van der Waals surface area contributed by atoms with Crippen LogP contribution < -0.4 is 0 Å². The van der Waals surface area contributed by atoms with Gasteiger partial charge in [-0.3, -0.25) is 0 Å². The van der Waals surface area contributed by atoms with Crippen molar-refractivity contribution in [3.8, 4) is 0 Å². The third-order valence-electron chi connectivity index (χ3n) is 2.12. The molecule has 0 atom stereocenters. The van der Waals surface area contributed by atoms with Gasteiger partial charge in [0.1, 0.15) is 0 Å². The topological polar surface area (TPSA) is 3.24 Å². The molecule has 0 aromatic rings. The highest BCUT2D eigenvalue weighted by Crippen LogP contribution is 2.18. The maximum atomic E-state index is 4.01. The summed E-state index contributed by atoms with van der Waals surface area (Å²) in [6, 6.07) is 0.467. The van der Waals surface area contributed by atoms with Gasteiger partial charge in [0, 0.05) is 18.8 Å². The summed E-state index contributed by atoms with van der Waals surface area (Å²) in [7, 11) is 2.04. The van der Waals surface area contributed by atoms with Gasteiger partial charge in [-0.2, -0.15) is 0 Å². The van der Waals surface area contributed by atoms with E-state index in [0.717, 1.165) is 23.3 Å². The van der Waals surface area contributed by atoms with Crippen molar-refractivity contribution in [2.45, 2.75) is 33.2 Å². The van der Waals surface area contributed by atoms with E-state index in [9.17, 15) is 0 Å². The fourth-order valence-electron chi connectivity index (χ4n) is 1.03.